The topological polar surface area (TPSA) is 80.9 Å². The summed E-state index contributed by atoms with van der Waals surface area (Å²) in [5.74, 6) is 0. The van der Waals surface area contributed by atoms with Gasteiger partial charge in [-0.25, -0.2) is 0 Å². The first kappa shape index (κ1) is 42.2. The average molecular weight is 517 g/mol. The standard InChI is InChI=1S/2C9H22OSi.2C3H8O.Ti/c2*1-7(2)11(10,8(3)4)9(5)6;2*1-3(2)4;/h2*7-10H,1-6H3;2*3-4H,1-2H3;. The van der Waals surface area contributed by atoms with Gasteiger partial charge in [-0.05, 0) is 60.9 Å². The van der Waals surface area contributed by atoms with Gasteiger partial charge in [-0.2, -0.15) is 0 Å². The van der Waals surface area contributed by atoms with Gasteiger partial charge >= 0.3 is 0 Å². The Bertz CT molecular complexity index is 301. The maximum Gasteiger partial charge on any atom is 0.196 e. The fourth-order valence-electron chi connectivity index (χ4n) is 4.00. The van der Waals surface area contributed by atoms with Crippen molar-refractivity contribution in [2.75, 3.05) is 0 Å². The minimum absolute atomic E-state index is 0. The van der Waals surface area contributed by atoms with Gasteiger partial charge in [0.2, 0.25) is 0 Å². The van der Waals surface area contributed by atoms with E-state index < -0.39 is 16.6 Å². The summed E-state index contributed by atoms with van der Waals surface area (Å²) in [5.41, 5.74) is 2.85. The molecule has 0 aromatic rings. The molecule has 31 heavy (non-hydrogen) atoms. The van der Waals surface area contributed by atoms with Crippen molar-refractivity contribution in [3.05, 3.63) is 0 Å². The Balaban J connectivity index is -0.000000106. The van der Waals surface area contributed by atoms with Gasteiger partial charge in [0, 0.05) is 33.9 Å². The first-order valence-corrected chi connectivity index (χ1v) is 16.3. The number of hydrogen-bond donors (Lipinski definition) is 4. The molecule has 0 bridgehead atoms. The maximum absolute atomic E-state index is 10.4. The van der Waals surface area contributed by atoms with Gasteiger partial charge in [0.15, 0.2) is 16.6 Å². The average Bonchev–Trinajstić information content (AvgIpc) is 2.51. The van der Waals surface area contributed by atoms with E-state index in [9.17, 15) is 9.59 Å². The van der Waals surface area contributed by atoms with Crippen LogP contribution in [0, 0.1) is 0 Å². The van der Waals surface area contributed by atoms with Gasteiger partial charge in [-0.1, -0.05) is 83.1 Å². The summed E-state index contributed by atoms with van der Waals surface area (Å²) < 4.78 is 0. The predicted octanol–water partition coefficient (Wildman–Crippen LogP) is 7.08. The van der Waals surface area contributed by atoms with Crippen LogP contribution in [-0.2, 0) is 21.7 Å². The Hall–Kier alpha value is 0.988. The van der Waals surface area contributed by atoms with Crippen LogP contribution in [-0.4, -0.2) is 48.6 Å². The molecule has 0 heterocycles. The third-order valence-corrected chi connectivity index (χ3v) is 16.6. The van der Waals surface area contributed by atoms with E-state index in [2.05, 4.69) is 83.1 Å². The Labute approximate surface area is 213 Å². The minimum atomic E-state index is -1.98. The van der Waals surface area contributed by atoms with E-state index in [0.717, 1.165) is 0 Å². The molecule has 0 aromatic heterocycles. The van der Waals surface area contributed by atoms with Crippen LogP contribution in [0.1, 0.15) is 111 Å². The number of aliphatic hydroxyl groups is 2. The van der Waals surface area contributed by atoms with E-state index in [1.807, 2.05) is 0 Å². The molecule has 192 valence electrons. The Morgan fingerprint density at radius 3 is 0.419 bits per heavy atom. The minimum Gasteiger partial charge on any atom is -0.431 e. The van der Waals surface area contributed by atoms with Gasteiger partial charge in [0.25, 0.3) is 0 Å². The molecule has 0 saturated heterocycles. The number of hydrogen-bond acceptors (Lipinski definition) is 4. The second-order valence-electron chi connectivity index (χ2n) is 10.9. The number of rotatable bonds is 6. The summed E-state index contributed by atoms with van der Waals surface area (Å²) in [6.07, 6.45) is -0.333. The third kappa shape index (κ3) is 19.0. The largest absolute Gasteiger partial charge is 0.431 e. The zero-order valence-electron chi connectivity index (χ0n) is 23.9. The summed E-state index contributed by atoms with van der Waals surface area (Å²) in [6.45, 7) is 32.6. The first-order valence-electron chi connectivity index (χ1n) is 11.9. The Morgan fingerprint density at radius 2 is 0.419 bits per heavy atom. The second-order valence-corrected chi connectivity index (χ2v) is 21.4. The third-order valence-electron chi connectivity index (χ3n) is 5.55. The van der Waals surface area contributed by atoms with Gasteiger partial charge in [0.1, 0.15) is 0 Å². The molecule has 0 fully saturated rings. The van der Waals surface area contributed by atoms with E-state index in [1.165, 1.54) is 0 Å². The van der Waals surface area contributed by atoms with E-state index in [4.69, 9.17) is 10.2 Å². The molecule has 0 aliphatic rings. The van der Waals surface area contributed by atoms with E-state index in [1.54, 1.807) is 27.7 Å². The van der Waals surface area contributed by atoms with Gasteiger partial charge in [-0.15, -0.1) is 0 Å². The van der Waals surface area contributed by atoms with Gasteiger partial charge < -0.3 is 19.8 Å². The fourth-order valence-corrected chi connectivity index (χ4v) is 12.0. The molecular formula is C24H60O4Si2Ti. The van der Waals surface area contributed by atoms with Crippen molar-refractivity contribution < 1.29 is 41.5 Å². The van der Waals surface area contributed by atoms with Gasteiger partial charge in [-0.3, -0.25) is 0 Å². The summed E-state index contributed by atoms with van der Waals surface area (Å²) in [4.78, 5) is 20.8. The molecule has 0 saturated carbocycles. The smallest absolute Gasteiger partial charge is 0.196 e. The van der Waals surface area contributed by atoms with Crippen LogP contribution in [0.25, 0.3) is 0 Å². The molecule has 0 aliphatic carbocycles. The van der Waals surface area contributed by atoms with Crippen LogP contribution in [0.2, 0.25) is 33.2 Å². The zero-order chi connectivity index (χ0) is 25.6. The molecule has 0 atom stereocenters. The van der Waals surface area contributed by atoms with E-state index >= 15 is 0 Å². The fraction of sp³-hybridized carbons (Fsp3) is 1.00. The normalized spacial score (nSPS) is 12.0. The molecule has 7 heteroatoms. The second kappa shape index (κ2) is 20.4. The van der Waals surface area contributed by atoms with Crippen molar-refractivity contribution in [3.63, 3.8) is 0 Å². The molecule has 0 rings (SSSR count). The van der Waals surface area contributed by atoms with E-state index in [-0.39, 0.29) is 33.9 Å². The quantitative estimate of drug-likeness (QED) is 0.284. The summed E-state index contributed by atoms with van der Waals surface area (Å²) >= 11 is 0. The van der Waals surface area contributed by atoms with Crippen LogP contribution in [0.3, 0.4) is 0 Å². The monoisotopic (exact) mass is 516 g/mol. The zero-order valence-corrected chi connectivity index (χ0v) is 27.5. The molecule has 0 aromatic carbocycles. The molecular weight excluding hydrogens is 456 g/mol. The van der Waals surface area contributed by atoms with Crippen LogP contribution in [0.5, 0.6) is 0 Å². The van der Waals surface area contributed by atoms with Crippen molar-refractivity contribution in [1.29, 1.82) is 0 Å². The van der Waals surface area contributed by atoms with Crippen LogP contribution in [0.4, 0.5) is 0 Å². The van der Waals surface area contributed by atoms with Crippen molar-refractivity contribution >= 4 is 16.6 Å². The van der Waals surface area contributed by atoms with Crippen LogP contribution < -0.4 is 0 Å². The Morgan fingerprint density at radius 1 is 0.355 bits per heavy atom. The molecule has 4 nitrogen and oxygen atoms in total. The van der Waals surface area contributed by atoms with Crippen LogP contribution in [0.15, 0.2) is 0 Å². The molecule has 0 aliphatic heterocycles. The van der Waals surface area contributed by atoms with Crippen molar-refractivity contribution in [1.82, 2.24) is 0 Å². The van der Waals surface area contributed by atoms with Crippen molar-refractivity contribution in [2.24, 2.45) is 0 Å². The molecule has 0 radical (unpaired) electrons. The maximum atomic E-state index is 10.4. The Kier molecular flexibility index (Phi) is 27.7. The summed E-state index contributed by atoms with van der Waals surface area (Å²) in [6, 6.07) is 0. The molecule has 0 amide bonds. The van der Waals surface area contributed by atoms with Crippen LogP contribution >= 0.6 is 0 Å². The van der Waals surface area contributed by atoms with E-state index in [0.29, 0.717) is 33.2 Å². The molecule has 0 unspecified atom stereocenters. The summed E-state index contributed by atoms with van der Waals surface area (Å²) in [7, 11) is -3.96. The first-order chi connectivity index (χ1) is 13.1. The molecule has 4 N–H and O–H groups in total. The SMILES string of the molecule is CC(C)O.CC(C)O.CC(C)[Si](O)(C(C)C)C(C)C.CC(C)[Si](O)(C(C)C)C(C)C.[Ti]. The van der Waals surface area contributed by atoms with Gasteiger partial charge in [0.05, 0.1) is 0 Å². The van der Waals surface area contributed by atoms with Crippen molar-refractivity contribution in [3.8, 4) is 0 Å². The number of aliphatic hydroxyl groups excluding tert-OH is 2. The predicted molar refractivity (Wildman–Crippen MR) is 141 cm³/mol. The van der Waals surface area contributed by atoms with Crippen molar-refractivity contribution in [2.45, 2.75) is 156 Å². The summed E-state index contributed by atoms with van der Waals surface area (Å²) in [5, 5.41) is 16.1. The molecule has 0 spiro atoms.